The molecule has 0 bridgehead atoms. The van der Waals surface area contributed by atoms with E-state index in [1.807, 2.05) is 0 Å². The molecule has 1 saturated heterocycles. The van der Waals surface area contributed by atoms with Crippen LogP contribution in [0.1, 0.15) is 17.3 Å². The van der Waals surface area contributed by atoms with E-state index in [2.05, 4.69) is 6.58 Å². The van der Waals surface area contributed by atoms with Crippen LogP contribution in [0.4, 0.5) is 10.5 Å². The molecule has 88 valence electrons. The number of nitrogens with zero attached hydrogens (tertiary/aromatic N) is 1. The summed E-state index contributed by atoms with van der Waals surface area (Å²) in [6.07, 6.45) is 0.947. The molecule has 1 amide bonds. The molecular formula is C13H13NO3. The number of carbonyl (C=O) groups is 2. The Hall–Kier alpha value is -2.10. The lowest BCUT2D eigenvalue weighted by atomic mass is 10.1. The molecule has 1 atom stereocenters. The van der Waals surface area contributed by atoms with Gasteiger partial charge in [0.1, 0.15) is 6.10 Å². The first-order valence-electron chi connectivity index (χ1n) is 5.33. The van der Waals surface area contributed by atoms with E-state index in [0.29, 0.717) is 12.1 Å². The molecule has 1 fully saturated rings. The molecular weight excluding hydrogens is 218 g/mol. The molecule has 1 aliphatic rings. The minimum absolute atomic E-state index is 0.00418. The fourth-order valence-electron chi connectivity index (χ4n) is 1.69. The molecule has 0 saturated carbocycles. The molecule has 4 nitrogen and oxygen atoms in total. The van der Waals surface area contributed by atoms with E-state index in [1.165, 1.54) is 11.8 Å². The van der Waals surface area contributed by atoms with Crippen molar-refractivity contribution < 1.29 is 14.3 Å². The standard InChI is InChI=1S/C13H13NO3/c1-3-12-8-14(13(16)17-12)11-6-4-10(5-7-11)9(2)15/h3-7,12H,1,8H2,2H3. The Labute approximate surface area is 99.5 Å². The van der Waals surface area contributed by atoms with E-state index in [0.717, 1.165) is 5.69 Å². The number of ketones is 1. The van der Waals surface area contributed by atoms with E-state index in [-0.39, 0.29) is 18.0 Å². The zero-order valence-corrected chi connectivity index (χ0v) is 9.55. The number of hydrogen-bond acceptors (Lipinski definition) is 3. The van der Waals surface area contributed by atoms with E-state index in [1.54, 1.807) is 30.3 Å². The molecule has 1 aliphatic heterocycles. The van der Waals surface area contributed by atoms with Crippen molar-refractivity contribution in [3.05, 3.63) is 42.5 Å². The fourth-order valence-corrected chi connectivity index (χ4v) is 1.69. The maximum absolute atomic E-state index is 11.6. The first kappa shape index (κ1) is 11.4. The molecule has 0 spiro atoms. The Balaban J connectivity index is 2.20. The Morgan fingerprint density at radius 1 is 1.47 bits per heavy atom. The van der Waals surface area contributed by atoms with Crippen LogP contribution in [0.5, 0.6) is 0 Å². The Morgan fingerprint density at radius 2 is 2.12 bits per heavy atom. The first-order chi connectivity index (χ1) is 8.11. The minimum Gasteiger partial charge on any atom is -0.440 e. The van der Waals surface area contributed by atoms with Crippen molar-refractivity contribution in [3.63, 3.8) is 0 Å². The molecule has 1 heterocycles. The summed E-state index contributed by atoms with van der Waals surface area (Å²) in [5.74, 6) is 0.00418. The molecule has 4 heteroatoms. The molecule has 1 unspecified atom stereocenters. The zero-order valence-electron chi connectivity index (χ0n) is 9.55. The maximum Gasteiger partial charge on any atom is 0.415 e. The van der Waals surface area contributed by atoms with Gasteiger partial charge in [0.15, 0.2) is 5.78 Å². The van der Waals surface area contributed by atoms with Gasteiger partial charge >= 0.3 is 6.09 Å². The predicted molar refractivity (Wildman–Crippen MR) is 64.3 cm³/mol. The van der Waals surface area contributed by atoms with Crippen LogP contribution in [0.15, 0.2) is 36.9 Å². The highest BCUT2D eigenvalue weighted by Gasteiger charge is 2.30. The molecule has 2 rings (SSSR count). The summed E-state index contributed by atoms with van der Waals surface area (Å²) in [5.41, 5.74) is 1.35. The smallest absolute Gasteiger partial charge is 0.415 e. The summed E-state index contributed by atoms with van der Waals surface area (Å²) in [5, 5.41) is 0. The Kier molecular flexibility index (Phi) is 2.95. The lowest BCUT2D eigenvalue weighted by Gasteiger charge is -2.12. The van der Waals surface area contributed by atoms with Crippen LogP contribution >= 0.6 is 0 Å². The summed E-state index contributed by atoms with van der Waals surface area (Å²) in [6, 6.07) is 6.88. The summed E-state index contributed by atoms with van der Waals surface area (Å²) in [7, 11) is 0. The third kappa shape index (κ3) is 2.20. The molecule has 1 aromatic carbocycles. The second-order valence-corrected chi connectivity index (χ2v) is 3.87. The van der Waals surface area contributed by atoms with Gasteiger partial charge in [0.25, 0.3) is 0 Å². The van der Waals surface area contributed by atoms with Crippen molar-refractivity contribution in [2.45, 2.75) is 13.0 Å². The van der Waals surface area contributed by atoms with Crippen molar-refractivity contribution in [3.8, 4) is 0 Å². The number of cyclic esters (lactones) is 1. The van der Waals surface area contributed by atoms with Gasteiger partial charge in [0, 0.05) is 11.3 Å². The lowest BCUT2D eigenvalue weighted by Crippen LogP contribution is -2.24. The van der Waals surface area contributed by atoms with Crippen molar-refractivity contribution in [2.24, 2.45) is 0 Å². The SMILES string of the molecule is C=CC1CN(c2ccc(C(C)=O)cc2)C(=O)O1. The Morgan fingerprint density at radius 3 is 2.59 bits per heavy atom. The quantitative estimate of drug-likeness (QED) is 0.592. The number of amides is 1. The highest BCUT2D eigenvalue weighted by Crippen LogP contribution is 2.22. The van der Waals surface area contributed by atoms with Gasteiger partial charge in [-0.2, -0.15) is 0 Å². The van der Waals surface area contributed by atoms with Gasteiger partial charge in [-0.15, -0.1) is 0 Å². The predicted octanol–water partition coefficient (Wildman–Crippen LogP) is 2.40. The number of Topliss-reactive ketones (excluding diaryl/α,β-unsaturated/α-hetero) is 1. The number of rotatable bonds is 3. The van der Waals surface area contributed by atoms with Gasteiger partial charge in [-0.3, -0.25) is 9.69 Å². The minimum atomic E-state index is -0.384. The molecule has 17 heavy (non-hydrogen) atoms. The number of carbonyl (C=O) groups excluding carboxylic acids is 2. The maximum atomic E-state index is 11.6. The number of ether oxygens (including phenoxy) is 1. The fraction of sp³-hybridized carbons (Fsp3) is 0.231. The largest absolute Gasteiger partial charge is 0.440 e. The van der Waals surface area contributed by atoms with Crippen LogP contribution in [-0.2, 0) is 4.74 Å². The van der Waals surface area contributed by atoms with Gasteiger partial charge in [0.2, 0.25) is 0 Å². The van der Waals surface area contributed by atoms with E-state index >= 15 is 0 Å². The van der Waals surface area contributed by atoms with Gasteiger partial charge < -0.3 is 4.74 Å². The number of benzene rings is 1. The van der Waals surface area contributed by atoms with Crippen LogP contribution in [0, 0.1) is 0 Å². The highest BCUT2D eigenvalue weighted by molar-refractivity contribution is 5.95. The van der Waals surface area contributed by atoms with Crippen molar-refractivity contribution in [2.75, 3.05) is 11.4 Å². The number of anilines is 1. The van der Waals surface area contributed by atoms with Gasteiger partial charge in [-0.25, -0.2) is 4.79 Å². The summed E-state index contributed by atoms with van der Waals surface area (Å²) in [6.45, 7) is 5.56. The zero-order chi connectivity index (χ0) is 12.4. The van der Waals surface area contributed by atoms with Gasteiger partial charge in [-0.1, -0.05) is 6.58 Å². The first-order valence-corrected chi connectivity index (χ1v) is 5.33. The van der Waals surface area contributed by atoms with Gasteiger partial charge in [0.05, 0.1) is 6.54 Å². The van der Waals surface area contributed by atoms with E-state index in [9.17, 15) is 9.59 Å². The third-order valence-electron chi connectivity index (χ3n) is 2.68. The van der Waals surface area contributed by atoms with Crippen molar-refractivity contribution in [1.82, 2.24) is 0 Å². The molecule has 0 aromatic heterocycles. The normalized spacial score (nSPS) is 19.0. The van der Waals surface area contributed by atoms with E-state index in [4.69, 9.17) is 4.74 Å². The molecule has 1 aromatic rings. The number of hydrogen-bond donors (Lipinski definition) is 0. The van der Waals surface area contributed by atoms with Crippen LogP contribution in [0.25, 0.3) is 0 Å². The van der Waals surface area contributed by atoms with Gasteiger partial charge in [-0.05, 0) is 37.3 Å². The second-order valence-electron chi connectivity index (χ2n) is 3.87. The molecule has 0 radical (unpaired) electrons. The average molecular weight is 231 g/mol. The monoisotopic (exact) mass is 231 g/mol. The van der Waals surface area contributed by atoms with Crippen LogP contribution in [0.2, 0.25) is 0 Å². The summed E-state index contributed by atoms with van der Waals surface area (Å²) < 4.78 is 5.06. The third-order valence-corrected chi connectivity index (χ3v) is 2.68. The Bertz CT molecular complexity index is 464. The van der Waals surface area contributed by atoms with Crippen LogP contribution in [-0.4, -0.2) is 24.5 Å². The second kappa shape index (κ2) is 4.41. The summed E-state index contributed by atoms with van der Waals surface area (Å²) in [4.78, 5) is 24.2. The van der Waals surface area contributed by atoms with Crippen molar-refractivity contribution in [1.29, 1.82) is 0 Å². The topological polar surface area (TPSA) is 46.6 Å². The van der Waals surface area contributed by atoms with Crippen molar-refractivity contribution >= 4 is 17.6 Å². The van der Waals surface area contributed by atoms with Crippen LogP contribution in [0.3, 0.4) is 0 Å². The van der Waals surface area contributed by atoms with Crippen LogP contribution < -0.4 is 4.90 Å². The average Bonchev–Trinajstić information content (AvgIpc) is 2.71. The van der Waals surface area contributed by atoms with E-state index < -0.39 is 0 Å². The lowest BCUT2D eigenvalue weighted by molar-refractivity contribution is 0.101. The molecule has 0 aliphatic carbocycles. The molecule has 0 N–H and O–H groups in total. The highest BCUT2D eigenvalue weighted by atomic mass is 16.6. The summed E-state index contributed by atoms with van der Waals surface area (Å²) >= 11 is 0.